The molecule has 28 heavy (non-hydrogen) atoms. The van der Waals surface area contributed by atoms with E-state index in [9.17, 15) is 13.2 Å². The summed E-state index contributed by atoms with van der Waals surface area (Å²) in [6.45, 7) is 5.97. The molecule has 144 valence electrons. The Kier molecular flexibility index (Phi) is 4.04. The third-order valence-corrected chi connectivity index (χ3v) is 5.56. The van der Waals surface area contributed by atoms with Gasteiger partial charge in [0, 0.05) is 16.9 Å². The van der Waals surface area contributed by atoms with Crippen LogP contribution in [0.1, 0.15) is 26.7 Å². The fourth-order valence-electron chi connectivity index (χ4n) is 2.74. The molecule has 0 aliphatic heterocycles. The summed E-state index contributed by atoms with van der Waals surface area (Å²) < 4.78 is 38.9. The summed E-state index contributed by atoms with van der Waals surface area (Å²) in [6, 6.07) is 12.0. The molecule has 2 aromatic heterocycles. The minimum atomic E-state index is -3.83. The molecule has 0 saturated heterocycles. The largest absolute Gasteiger partial charge is 0.440 e. The first-order chi connectivity index (χ1) is 13.1. The first kappa shape index (κ1) is 18.2. The Morgan fingerprint density at radius 2 is 1.68 bits per heavy atom. The van der Waals surface area contributed by atoms with E-state index in [4.69, 9.17) is 8.83 Å². The molecule has 0 unspecified atom stereocenters. The zero-order valence-electron chi connectivity index (χ0n) is 15.5. The minimum absolute atomic E-state index is 0.0597. The zero-order valence-corrected chi connectivity index (χ0v) is 16.3. The van der Waals surface area contributed by atoms with Crippen LogP contribution in [0.15, 0.2) is 67.1 Å². The first-order valence-corrected chi connectivity index (χ1v) is 10.1. The van der Waals surface area contributed by atoms with Crippen LogP contribution in [-0.2, 0) is 15.4 Å². The summed E-state index contributed by atoms with van der Waals surface area (Å²) in [5.41, 5.74) is 1.13. The highest BCUT2D eigenvalue weighted by Crippen LogP contribution is 2.28. The lowest BCUT2D eigenvalue weighted by molar-refractivity contribution is 0.411. The van der Waals surface area contributed by atoms with Crippen molar-refractivity contribution in [3.8, 4) is 0 Å². The Labute approximate surface area is 161 Å². The number of rotatable bonds is 3. The molecule has 2 heterocycles. The van der Waals surface area contributed by atoms with E-state index in [-0.39, 0.29) is 10.3 Å². The van der Waals surface area contributed by atoms with Crippen molar-refractivity contribution < 1.29 is 17.3 Å². The maximum absolute atomic E-state index is 12.8. The number of nitrogens with zero attached hydrogens (tertiary/aromatic N) is 1. The summed E-state index contributed by atoms with van der Waals surface area (Å²) in [4.78, 5) is 15.8. The zero-order chi connectivity index (χ0) is 20.1. The predicted octanol–water partition coefficient (Wildman–Crippen LogP) is 4.03. The number of anilines is 1. The van der Waals surface area contributed by atoms with Gasteiger partial charge in [-0.25, -0.2) is 18.2 Å². The number of fused-ring (bicyclic) bond motifs is 2. The van der Waals surface area contributed by atoms with Gasteiger partial charge in [0.25, 0.3) is 10.0 Å². The lowest BCUT2D eigenvalue weighted by atomic mass is 9.97. The average Bonchev–Trinajstić information content (AvgIpc) is 3.04. The van der Waals surface area contributed by atoms with Crippen LogP contribution in [0.2, 0.25) is 0 Å². The van der Waals surface area contributed by atoms with Crippen molar-refractivity contribution in [2.75, 3.05) is 4.72 Å². The lowest BCUT2D eigenvalue weighted by Gasteiger charge is -2.11. The fraction of sp³-hybridized carbons (Fsp3) is 0.200. The number of sulfonamides is 1. The SMILES string of the molecule is CC(C)(C)c1nc2cc(NS(=O)(=O)c3ccc4oc(=O)ccc4c3)ccc2o1. The molecular weight excluding hydrogens is 380 g/mol. The molecule has 8 heteroatoms. The van der Waals surface area contributed by atoms with Gasteiger partial charge in [0.1, 0.15) is 11.1 Å². The van der Waals surface area contributed by atoms with E-state index in [1.54, 1.807) is 18.2 Å². The molecule has 0 aliphatic rings. The van der Waals surface area contributed by atoms with E-state index in [1.165, 1.54) is 30.3 Å². The third-order valence-electron chi connectivity index (χ3n) is 4.18. The molecule has 1 N–H and O–H groups in total. The van der Waals surface area contributed by atoms with E-state index in [0.717, 1.165) is 0 Å². The highest BCUT2D eigenvalue weighted by Gasteiger charge is 2.21. The number of aromatic nitrogens is 1. The van der Waals surface area contributed by atoms with Crippen LogP contribution in [0.25, 0.3) is 22.1 Å². The van der Waals surface area contributed by atoms with E-state index in [2.05, 4.69) is 9.71 Å². The van der Waals surface area contributed by atoms with E-state index >= 15 is 0 Å². The van der Waals surface area contributed by atoms with Gasteiger partial charge in [0.2, 0.25) is 5.89 Å². The van der Waals surface area contributed by atoms with E-state index < -0.39 is 15.6 Å². The topological polar surface area (TPSA) is 102 Å². The molecule has 0 spiro atoms. The maximum Gasteiger partial charge on any atom is 0.336 e. The summed E-state index contributed by atoms with van der Waals surface area (Å²) in [7, 11) is -3.83. The van der Waals surface area contributed by atoms with Crippen molar-refractivity contribution in [2.24, 2.45) is 0 Å². The van der Waals surface area contributed by atoms with Crippen molar-refractivity contribution in [1.29, 1.82) is 0 Å². The van der Waals surface area contributed by atoms with Gasteiger partial charge in [-0.15, -0.1) is 0 Å². The number of benzene rings is 2. The quantitative estimate of drug-likeness (QED) is 0.523. The van der Waals surface area contributed by atoms with Gasteiger partial charge in [0.05, 0.1) is 10.6 Å². The van der Waals surface area contributed by atoms with Crippen molar-refractivity contribution in [1.82, 2.24) is 4.98 Å². The van der Waals surface area contributed by atoms with Crippen molar-refractivity contribution in [3.05, 3.63) is 64.8 Å². The number of hydrogen-bond acceptors (Lipinski definition) is 6. The Morgan fingerprint density at radius 3 is 2.43 bits per heavy atom. The Balaban J connectivity index is 1.69. The van der Waals surface area contributed by atoms with Crippen LogP contribution in [0.3, 0.4) is 0 Å². The second-order valence-electron chi connectivity index (χ2n) is 7.51. The van der Waals surface area contributed by atoms with Crippen LogP contribution in [0.5, 0.6) is 0 Å². The van der Waals surface area contributed by atoms with Gasteiger partial charge in [-0.2, -0.15) is 0 Å². The van der Waals surface area contributed by atoms with E-state index in [1.807, 2.05) is 20.8 Å². The normalized spacial score (nSPS) is 12.5. The first-order valence-electron chi connectivity index (χ1n) is 8.60. The summed E-state index contributed by atoms with van der Waals surface area (Å²) in [5.74, 6) is 0.582. The maximum atomic E-state index is 12.8. The second kappa shape index (κ2) is 6.20. The molecule has 0 aliphatic carbocycles. The Bertz CT molecular complexity index is 1360. The van der Waals surface area contributed by atoms with Crippen LogP contribution in [0, 0.1) is 0 Å². The number of nitrogens with one attached hydrogen (secondary N) is 1. The molecule has 0 atom stereocenters. The van der Waals surface area contributed by atoms with Gasteiger partial charge in [0.15, 0.2) is 5.58 Å². The lowest BCUT2D eigenvalue weighted by Crippen LogP contribution is -2.13. The highest BCUT2D eigenvalue weighted by molar-refractivity contribution is 7.92. The molecule has 4 rings (SSSR count). The Hall–Kier alpha value is -3.13. The average molecular weight is 398 g/mol. The van der Waals surface area contributed by atoms with Gasteiger partial charge >= 0.3 is 5.63 Å². The van der Waals surface area contributed by atoms with Crippen LogP contribution < -0.4 is 10.3 Å². The predicted molar refractivity (Wildman–Crippen MR) is 106 cm³/mol. The molecule has 0 amide bonds. The van der Waals surface area contributed by atoms with Gasteiger partial charge in [-0.1, -0.05) is 20.8 Å². The standard InChI is InChI=1S/C20H18N2O5S/c1-20(2,3)19-21-15-11-13(5-7-17(15)27-19)22-28(24,25)14-6-8-16-12(10-14)4-9-18(23)26-16/h4-11,22H,1-3H3. The van der Waals surface area contributed by atoms with Gasteiger partial charge < -0.3 is 8.83 Å². The second-order valence-corrected chi connectivity index (χ2v) is 9.19. The molecular formula is C20H18N2O5S. The number of oxazole rings is 1. The van der Waals surface area contributed by atoms with Crippen LogP contribution in [0.4, 0.5) is 5.69 Å². The van der Waals surface area contributed by atoms with Gasteiger partial charge in [-0.05, 0) is 42.5 Å². The molecule has 7 nitrogen and oxygen atoms in total. The minimum Gasteiger partial charge on any atom is -0.440 e. The van der Waals surface area contributed by atoms with Crippen LogP contribution >= 0.6 is 0 Å². The van der Waals surface area contributed by atoms with Gasteiger partial charge in [-0.3, -0.25) is 4.72 Å². The summed E-state index contributed by atoms with van der Waals surface area (Å²) >= 11 is 0. The third kappa shape index (κ3) is 3.38. The molecule has 0 saturated carbocycles. The summed E-state index contributed by atoms with van der Waals surface area (Å²) in [6.07, 6.45) is 0. The highest BCUT2D eigenvalue weighted by atomic mass is 32.2. The molecule has 0 radical (unpaired) electrons. The monoisotopic (exact) mass is 398 g/mol. The van der Waals surface area contributed by atoms with Crippen molar-refractivity contribution >= 4 is 37.8 Å². The molecule has 4 aromatic rings. The van der Waals surface area contributed by atoms with Crippen molar-refractivity contribution in [3.63, 3.8) is 0 Å². The van der Waals surface area contributed by atoms with Crippen molar-refractivity contribution in [2.45, 2.75) is 31.1 Å². The summed E-state index contributed by atoms with van der Waals surface area (Å²) in [5, 5.41) is 0.518. The fourth-order valence-corrected chi connectivity index (χ4v) is 3.83. The Morgan fingerprint density at radius 1 is 0.929 bits per heavy atom. The molecule has 2 aromatic carbocycles. The number of hydrogen-bond donors (Lipinski definition) is 1. The van der Waals surface area contributed by atoms with E-state index in [0.29, 0.717) is 33.6 Å². The molecule has 0 fully saturated rings. The smallest absolute Gasteiger partial charge is 0.336 e. The van der Waals surface area contributed by atoms with Crippen LogP contribution in [-0.4, -0.2) is 13.4 Å². The molecule has 0 bridgehead atoms.